The Kier molecular flexibility index (Phi) is 6.61. The van der Waals surface area contributed by atoms with Gasteiger partial charge in [0.05, 0.1) is 0 Å². The van der Waals surface area contributed by atoms with E-state index in [0.29, 0.717) is 0 Å². The maximum atomic E-state index is 2.33. The molecule has 0 saturated heterocycles. The fourth-order valence-electron chi connectivity index (χ4n) is 4.88. The molecule has 0 amide bonds. The first kappa shape index (κ1) is 23.6. The van der Waals surface area contributed by atoms with Gasteiger partial charge in [-0.05, 0) is 69.8 Å². The number of rotatable bonds is 6. The van der Waals surface area contributed by atoms with E-state index in [9.17, 15) is 0 Å². The van der Waals surface area contributed by atoms with Crippen LogP contribution in [0.3, 0.4) is 0 Å². The average molecular weight is 485 g/mol. The maximum absolute atomic E-state index is 2.33. The van der Waals surface area contributed by atoms with Crippen LogP contribution >= 0.6 is 0 Å². The Balaban J connectivity index is 1.42. The van der Waals surface area contributed by atoms with Crippen molar-refractivity contribution in [3.05, 3.63) is 158 Å². The van der Waals surface area contributed by atoms with Gasteiger partial charge in [-0.1, -0.05) is 127 Å². The van der Waals surface area contributed by atoms with Crippen molar-refractivity contribution in [2.45, 2.75) is 0 Å². The Morgan fingerprint density at radius 1 is 0.316 bits per heavy atom. The Labute approximate surface area is 226 Å². The van der Waals surface area contributed by atoms with Crippen LogP contribution in [0, 0.1) is 0 Å². The molecule has 180 valence electrons. The summed E-state index contributed by atoms with van der Waals surface area (Å²) in [5, 5.41) is 0. The number of benzene rings is 6. The van der Waals surface area contributed by atoms with Gasteiger partial charge in [0.1, 0.15) is 7.85 Å². The van der Waals surface area contributed by atoms with E-state index in [1.54, 1.807) is 0 Å². The summed E-state index contributed by atoms with van der Waals surface area (Å²) in [6.45, 7) is 0. The average Bonchev–Trinajstić information content (AvgIpc) is 2.99. The van der Waals surface area contributed by atoms with Gasteiger partial charge >= 0.3 is 0 Å². The van der Waals surface area contributed by atoms with Crippen LogP contribution in [0.15, 0.2) is 158 Å². The predicted molar refractivity (Wildman–Crippen MR) is 166 cm³/mol. The molecule has 6 aromatic carbocycles. The van der Waals surface area contributed by atoms with E-state index in [-0.39, 0.29) is 0 Å². The normalized spacial score (nSPS) is 10.7. The lowest BCUT2D eigenvalue weighted by molar-refractivity contribution is 1.28. The van der Waals surface area contributed by atoms with Gasteiger partial charge in [0.25, 0.3) is 0 Å². The van der Waals surface area contributed by atoms with E-state index in [0.717, 1.165) is 17.1 Å². The van der Waals surface area contributed by atoms with Crippen LogP contribution in [0.5, 0.6) is 0 Å². The predicted octanol–water partition coefficient (Wildman–Crippen LogP) is 8.42. The molecule has 0 unspecified atom stereocenters. The van der Waals surface area contributed by atoms with Gasteiger partial charge in [-0.3, -0.25) is 0 Å². The molecule has 6 rings (SSSR count). The number of anilines is 3. The highest BCUT2D eigenvalue weighted by molar-refractivity contribution is 6.32. The van der Waals surface area contributed by atoms with Crippen LogP contribution in [0.2, 0.25) is 0 Å². The van der Waals surface area contributed by atoms with Crippen molar-refractivity contribution in [1.82, 2.24) is 0 Å². The summed E-state index contributed by atoms with van der Waals surface area (Å²) < 4.78 is 0. The molecular formula is C36H28BN. The summed E-state index contributed by atoms with van der Waals surface area (Å²) in [7, 11) is 2.13. The van der Waals surface area contributed by atoms with Gasteiger partial charge in [0.15, 0.2) is 0 Å². The van der Waals surface area contributed by atoms with E-state index >= 15 is 0 Å². The van der Waals surface area contributed by atoms with Gasteiger partial charge in [-0.2, -0.15) is 0 Å². The molecule has 0 aliphatic heterocycles. The van der Waals surface area contributed by atoms with Crippen molar-refractivity contribution in [3.63, 3.8) is 0 Å². The maximum Gasteiger partial charge on any atom is 0.139 e. The molecule has 0 heterocycles. The van der Waals surface area contributed by atoms with Gasteiger partial charge in [0.2, 0.25) is 0 Å². The first-order valence-electron chi connectivity index (χ1n) is 13.0. The van der Waals surface area contributed by atoms with Gasteiger partial charge in [-0.15, -0.1) is 0 Å². The zero-order chi connectivity index (χ0) is 25.7. The van der Waals surface area contributed by atoms with E-state index < -0.39 is 0 Å². The third-order valence-electron chi connectivity index (χ3n) is 6.95. The fraction of sp³-hybridized carbons (Fsp3) is 0. The quantitative estimate of drug-likeness (QED) is 0.214. The Bertz CT molecular complexity index is 1540. The van der Waals surface area contributed by atoms with Crippen molar-refractivity contribution < 1.29 is 0 Å². The lowest BCUT2D eigenvalue weighted by Crippen LogP contribution is -2.10. The summed E-state index contributed by atoms with van der Waals surface area (Å²) in [6, 6.07) is 56.3. The van der Waals surface area contributed by atoms with E-state index in [1.807, 2.05) is 0 Å². The molecular weight excluding hydrogens is 457 g/mol. The molecule has 2 heteroatoms. The molecule has 38 heavy (non-hydrogen) atoms. The minimum Gasteiger partial charge on any atom is -0.310 e. The molecule has 0 aliphatic rings. The first-order chi connectivity index (χ1) is 18.7. The molecule has 1 nitrogen and oxygen atoms in total. The van der Waals surface area contributed by atoms with Crippen molar-refractivity contribution in [2.24, 2.45) is 0 Å². The molecule has 0 atom stereocenters. The van der Waals surface area contributed by atoms with Crippen LogP contribution < -0.4 is 10.4 Å². The molecule has 0 radical (unpaired) electrons. The summed E-state index contributed by atoms with van der Waals surface area (Å²) in [5.41, 5.74) is 11.9. The Hall–Kier alpha value is -4.82. The highest BCUT2D eigenvalue weighted by Crippen LogP contribution is 2.38. The summed E-state index contributed by atoms with van der Waals surface area (Å²) in [4.78, 5) is 2.33. The summed E-state index contributed by atoms with van der Waals surface area (Å²) in [5.74, 6) is 0. The van der Waals surface area contributed by atoms with Gasteiger partial charge < -0.3 is 4.90 Å². The summed E-state index contributed by atoms with van der Waals surface area (Å²) in [6.07, 6.45) is 0. The van der Waals surface area contributed by atoms with Crippen LogP contribution in [0.4, 0.5) is 17.1 Å². The van der Waals surface area contributed by atoms with E-state index in [2.05, 4.69) is 170 Å². The van der Waals surface area contributed by atoms with Crippen LogP contribution in [0.25, 0.3) is 33.4 Å². The van der Waals surface area contributed by atoms with Crippen molar-refractivity contribution in [3.8, 4) is 33.4 Å². The molecule has 0 fully saturated rings. The summed E-state index contributed by atoms with van der Waals surface area (Å²) >= 11 is 0. The van der Waals surface area contributed by atoms with Crippen LogP contribution in [0.1, 0.15) is 0 Å². The molecule has 6 aromatic rings. The van der Waals surface area contributed by atoms with Gasteiger partial charge in [-0.25, -0.2) is 0 Å². The van der Waals surface area contributed by atoms with Crippen molar-refractivity contribution in [2.75, 3.05) is 4.90 Å². The monoisotopic (exact) mass is 485 g/mol. The minimum absolute atomic E-state index is 1.12. The van der Waals surface area contributed by atoms with Crippen molar-refractivity contribution >= 4 is 30.4 Å². The molecule has 0 aromatic heterocycles. The Morgan fingerprint density at radius 2 is 0.711 bits per heavy atom. The lowest BCUT2D eigenvalue weighted by Gasteiger charge is -2.26. The zero-order valence-electron chi connectivity index (χ0n) is 21.5. The number of hydrogen-bond donors (Lipinski definition) is 0. The van der Waals surface area contributed by atoms with Crippen LogP contribution in [-0.2, 0) is 0 Å². The Morgan fingerprint density at radius 3 is 1.21 bits per heavy atom. The van der Waals surface area contributed by atoms with Crippen LogP contribution in [-0.4, -0.2) is 7.85 Å². The van der Waals surface area contributed by atoms with Gasteiger partial charge in [0, 0.05) is 17.1 Å². The number of hydrogen-bond acceptors (Lipinski definition) is 1. The standard InChI is InChI=1S/C36H28BN/c37-33-20-14-31(15-21-33)32-12-7-13-36(26-32)38(34-22-16-29(17-23-34)27-8-3-1-4-9-27)35-24-18-30(19-25-35)28-10-5-2-6-11-28/h1-26H,37H2. The lowest BCUT2D eigenvalue weighted by atomic mass is 9.93. The highest BCUT2D eigenvalue weighted by atomic mass is 15.1. The molecule has 0 bridgehead atoms. The van der Waals surface area contributed by atoms with E-state index in [4.69, 9.17) is 0 Å². The smallest absolute Gasteiger partial charge is 0.139 e. The third-order valence-corrected chi connectivity index (χ3v) is 6.95. The first-order valence-corrected chi connectivity index (χ1v) is 13.0. The topological polar surface area (TPSA) is 3.24 Å². The van der Waals surface area contributed by atoms with E-state index in [1.165, 1.54) is 38.8 Å². The largest absolute Gasteiger partial charge is 0.310 e. The molecule has 0 saturated carbocycles. The second-order valence-corrected chi connectivity index (χ2v) is 9.58. The highest BCUT2D eigenvalue weighted by Gasteiger charge is 2.14. The molecule has 0 N–H and O–H groups in total. The molecule has 0 spiro atoms. The zero-order valence-corrected chi connectivity index (χ0v) is 21.5. The third kappa shape index (κ3) is 5.03. The van der Waals surface area contributed by atoms with Crippen molar-refractivity contribution in [1.29, 1.82) is 0 Å². The second-order valence-electron chi connectivity index (χ2n) is 9.58. The molecule has 0 aliphatic carbocycles. The SMILES string of the molecule is Bc1ccc(-c2cccc(N(c3ccc(-c4ccccc4)cc3)c3ccc(-c4ccccc4)cc3)c2)cc1. The number of nitrogens with zero attached hydrogens (tertiary/aromatic N) is 1. The second kappa shape index (κ2) is 10.7. The minimum atomic E-state index is 1.12. The fourth-order valence-corrected chi connectivity index (χ4v) is 4.88.